The highest BCUT2D eigenvalue weighted by molar-refractivity contribution is 6.05. The minimum Gasteiger partial charge on any atom is -0.456 e. The van der Waals surface area contributed by atoms with Crippen molar-refractivity contribution >= 4 is 21.9 Å². The van der Waals surface area contributed by atoms with Crippen LogP contribution in [0, 0.1) is 0 Å². The SMILES string of the molecule is CC1(C)c2ccccc2-c2ccc(-c3ncccc3-c3nc(-c4ccc(-c5ccccc5)cc4)nc(-c4ccc5c(c4)oc4ccccc45)n3)cc21. The summed E-state index contributed by atoms with van der Waals surface area (Å²) in [5.74, 6) is 1.71. The van der Waals surface area contributed by atoms with Crippen molar-refractivity contribution in [3.63, 3.8) is 0 Å². The molecule has 0 saturated carbocycles. The zero-order valence-electron chi connectivity index (χ0n) is 28.7. The van der Waals surface area contributed by atoms with Gasteiger partial charge in [-0.15, -0.1) is 0 Å². The molecule has 1 aliphatic rings. The molecule has 6 aromatic carbocycles. The van der Waals surface area contributed by atoms with Gasteiger partial charge in [-0.2, -0.15) is 0 Å². The summed E-state index contributed by atoms with van der Waals surface area (Å²) in [5, 5.41) is 2.14. The molecule has 1 aliphatic carbocycles. The van der Waals surface area contributed by atoms with Crippen LogP contribution in [0.2, 0.25) is 0 Å². The fourth-order valence-corrected chi connectivity index (χ4v) is 7.73. The van der Waals surface area contributed by atoms with Crippen molar-refractivity contribution in [1.29, 1.82) is 0 Å². The lowest BCUT2D eigenvalue weighted by molar-refractivity contribution is 0.660. The average molecular weight is 669 g/mol. The van der Waals surface area contributed by atoms with E-state index in [1.54, 1.807) is 0 Å². The van der Waals surface area contributed by atoms with Gasteiger partial charge in [-0.05, 0) is 69.8 Å². The van der Waals surface area contributed by atoms with Crippen molar-refractivity contribution in [2.45, 2.75) is 19.3 Å². The molecule has 3 aromatic heterocycles. The van der Waals surface area contributed by atoms with Crippen LogP contribution in [0.15, 0.2) is 162 Å². The van der Waals surface area contributed by atoms with Gasteiger partial charge in [-0.3, -0.25) is 4.98 Å². The molecule has 0 bridgehead atoms. The van der Waals surface area contributed by atoms with Crippen LogP contribution in [0.25, 0.3) is 89.6 Å². The Bertz CT molecular complexity index is 2820. The van der Waals surface area contributed by atoms with Crippen LogP contribution >= 0.6 is 0 Å². The molecule has 0 unspecified atom stereocenters. The highest BCUT2D eigenvalue weighted by Gasteiger charge is 2.35. The van der Waals surface area contributed by atoms with Gasteiger partial charge in [0.1, 0.15) is 11.2 Å². The van der Waals surface area contributed by atoms with E-state index in [1.807, 2.05) is 42.6 Å². The van der Waals surface area contributed by atoms with Gasteiger partial charge in [-0.1, -0.05) is 129 Å². The van der Waals surface area contributed by atoms with Crippen LogP contribution in [0.3, 0.4) is 0 Å². The molecule has 0 atom stereocenters. The molecule has 52 heavy (non-hydrogen) atoms. The molecular weight excluding hydrogens is 637 g/mol. The van der Waals surface area contributed by atoms with Crippen LogP contribution in [0.1, 0.15) is 25.0 Å². The third-order valence-corrected chi connectivity index (χ3v) is 10.4. The van der Waals surface area contributed by atoms with Crippen molar-refractivity contribution in [3.8, 4) is 67.7 Å². The summed E-state index contributed by atoms with van der Waals surface area (Å²) in [4.78, 5) is 20.3. The van der Waals surface area contributed by atoms with Gasteiger partial charge >= 0.3 is 0 Å². The molecule has 0 aliphatic heterocycles. The summed E-state index contributed by atoms with van der Waals surface area (Å²) >= 11 is 0. The number of hydrogen-bond donors (Lipinski definition) is 0. The predicted molar refractivity (Wildman–Crippen MR) is 210 cm³/mol. The number of para-hydroxylation sites is 1. The largest absolute Gasteiger partial charge is 0.456 e. The number of benzene rings is 6. The van der Waals surface area contributed by atoms with E-state index < -0.39 is 0 Å². The summed E-state index contributed by atoms with van der Waals surface area (Å²) in [6.45, 7) is 4.60. The maximum atomic E-state index is 6.27. The standard InChI is InChI=1S/C47H32N4O/c1-47(2)39-16-8-6-13-34(39)35-24-22-32(27-40(35)47)43-38(15-10-26-48-43)46-50-44(31-20-18-30(19-21-31)29-11-4-3-5-12-29)49-45(51-46)33-23-25-37-36-14-7-9-17-41(36)52-42(37)28-33/h3-28H,1-2H3. The van der Waals surface area contributed by atoms with Gasteiger partial charge in [0.15, 0.2) is 17.5 Å². The quantitative estimate of drug-likeness (QED) is 0.183. The maximum Gasteiger partial charge on any atom is 0.166 e. The van der Waals surface area contributed by atoms with Crippen molar-refractivity contribution in [2.24, 2.45) is 0 Å². The lowest BCUT2D eigenvalue weighted by Crippen LogP contribution is -2.15. The summed E-state index contributed by atoms with van der Waals surface area (Å²) < 4.78 is 6.27. The fourth-order valence-electron chi connectivity index (χ4n) is 7.73. The minimum absolute atomic E-state index is 0.133. The van der Waals surface area contributed by atoms with Crippen LogP contribution in [0.5, 0.6) is 0 Å². The van der Waals surface area contributed by atoms with E-state index >= 15 is 0 Å². The second-order valence-electron chi connectivity index (χ2n) is 13.9. The number of nitrogens with zero attached hydrogens (tertiary/aromatic N) is 4. The second kappa shape index (κ2) is 11.7. The zero-order chi connectivity index (χ0) is 34.8. The van der Waals surface area contributed by atoms with E-state index in [-0.39, 0.29) is 5.41 Å². The third-order valence-electron chi connectivity index (χ3n) is 10.4. The Morgan fingerprint density at radius 3 is 1.90 bits per heavy atom. The molecule has 0 saturated heterocycles. The Kier molecular flexibility index (Phi) is 6.77. The topological polar surface area (TPSA) is 64.7 Å². The number of furan rings is 1. The molecule has 0 amide bonds. The highest BCUT2D eigenvalue weighted by Crippen LogP contribution is 2.49. The van der Waals surface area contributed by atoms with Crippen LogP contribution in [-0.4, -0.2) is 19.9 Å². The summed E-state index contributed by atoms with van der Waals surface area (Å²) in [6, 6.07) is 52.5. The van der Waals surface area contributed by atoms with Gasteiger partial charge in [0.2, 0.25) is 0 Å². The van der Waals surface area contributed by atoms with E-state index in [0.717, 1.165) is 61.0 Å². The Hall–Kier alpha value is -6.72. The number of pyridine rings is 1. The molecule has 0 spiro atoms. The molecule has 10 rings (SSSR count). The number of fused-ring (bicyclic) bond motifs is 6. The van der Waals surface area contributed by atoms with E-state index in [1.165, 1.54) is 22.3 Å². The average Bonchev–Trinajstić information content (AvgIpc) is 3.69. The van der Waals surface area contributed by atoms with Crippen LogP contribution < -0.4 is 0 Å². The van der Waals surface area contributed by atoms with Crippen molar-refractivity contribution < 1.29 is 4.42 Å². The Morgan fingerprint density at radius 1 is 0.423 bits per heavy atom. The molecule has 5 nitrogen and oxygen atoms in total. The minimum atomic E-state index is -0.133. The molecule has 246 valence electrons. The molecule has 5 heteroatoms. The van der Waals surface area contributed by atoms with Crippen LogP contribution in [-0.2, 0) is 5.41 Å². The second-order valence-corrected chi connectivity index (χ2v) is 13.9. The van der Waals surface area contributed by atoms with E-state index in [4.69, 9.17) is 24.4 Å². The molecule has 3 heterocycles. The first-order valence-electron chi connectivity index (χ1n) is 17.5. The molecule has 9 aromatic rings. The van der Waals surface area contributed by atoms with Crippen molar-refractivity contribution in [3.05, 3.63) is 169 Å². The van der Waals surface area contributed by atoms with Gasteiger partial charge < -0.3 is 4.42 Å². The van der Waals surface area contributed by atoms with Gasteiger partial charge in [0, 0.05) is 44.6 Å². The Balaban J connectivity index is 1.13. The summed E-state index contributed by atoms with van der Waals surface area (Å²) in [7, 11) is 0. The first kappa shape index (κ1) is 30.1. The molecule has 0 N–H and O–H groups in total. The van der Waals surface area contributed by atoms with Crippen molar-refractivity contribution in [2.75, 3.05) is 0 Å². The number of hydrogen-bond acceptors (Lipinski definition) is 5. The lowest BCUT2D eigenvalue weighted by atomic mass is 9.81. The maximum absolute atomic E-state index is 6.27. The Morgan fingerprint density at radius 2 is 1.04 bits per heavy atom. The Labute approximate surface area is 301 Å². The highest BCUT2D eigenvalue weighted by atomic mass is 16.3. The smallest absolute Gasteiger partial charge is 0.166 e. The van der Waals surface area contributed by atoms with Gasteiger partial charge in [-0.25, -0.2) is 15.0 Å². The van der Waals surface area contributed by atoms with E-state index in [0.29, 0.717) is 17.5 Å². The number of aromatic nitrogens is 4. The fraction of sp³-hybridized carbons (Fsp3) is 0.0638. The van der Waals surface area contributed by atoms with E-state index in [2.05, 4.69) is 129 Å². The van der Waals surface area contributed by atoms with Gasteiger partial charge in [0.25, 0.3) is 0 Å². The third kappa shape index (κ3) is 4.85. The zero-order valence-corrected chi connectivity index (χ0v) is 28.7. The predicted octanol–water partition coefficient (Wildman–Crippen LogP) is 11.8. The first-order chi connectivity index (χ1) is 25.5. The van der Waals surface area contributed by atoms with Gasteiger partial charge in [0.05, 0.1) is 5.69 Å². The summed E-state index contributed by atoms with van der Waals surface area (Å²) in [6.07, 6.45) is 1.84. The molecule has 0 radical (unpaired) electrons. The normalized spacial score (nSPS) is 13.0. The molecule has 0 fully saturated rings. The molecular formula is C47H32N4O. The first-order valence-corrected chi connectivity index (χ1v) is 17.5. The van der Waals surface area contributed by atoms with Crippen molar-refractivity contribution in [1.82, 2.24) is 19.9 Å². The monoisotopic (exact) mass is 668 g/mol. The van der Waals surface area contributed by atoms with E-state index in [9.17, 15) is 0 Å². The lowest BCUT2D eigenvalue weighted by Gasteiger charge is -2.22. The summed E-state index contributed by atoms with van der Waals surface area (Å²) in [5.41, 5.74) is 13.4. The number of rotatable bonds is 5. The van der Waals surface area contributed by atoms with Crippen LogP contribution in [0.4, 0.5) is 0 Å².